The monoisotopic (exact) mass is 399 g/mol. The van der Waals surface area contributed by atoms with Gasteiger partial charge in [-0.3, -0.25) is 4.79 Å². The third-order valence-corrected chi connectivity index (χ3v) is 4.87. The van der Waals surface area contributed by atoms with Crippen molar-refractivity contribution < 1.29 is 18.7 Å². The number of ketones is 1. The Labute approximate surface area is 167 Å². The van der Waals surface area contributed by atoms with Gasteiger partial charge < -0.3 is 9.30 Å². The number of hydrogen-bond acceptors (Lipinski definition) is 3. The predicted octanol–water partition coefficient (Wildman–Crippen LogP) is 4.99. The smallest absolute Gasteiger partial charge is 0.343 e. The molecule has 0 aliphatic rings. The molecule has 0 spiro atoms. The summed E-state index contributed by atoms with van der Waals surface area (Å²) >= 11 is 5.85. The molecule has 1 heterocycles. The van der Waals surface area contributed by atoms with Gasteiger partial charge in [0.1, 0.15) is 11.4 Å². The van der Waals surface area contributed by atoms with Crippen LogP contribution in [-0.2, 0) is 11.3 Å². The first-order valence-electron chi connectivity index (χ1n) is 8.73. The van der Waals surface area contributed by atoms with Crippen LogP contribution in [0.5, 0.6) is 0 Å². The van der Waals surface area contributed by atoms with E-state index in [-0.39, 0.29) is 16.4 Å². The molecule has 1 aromatic heterocycles. The highest BCUT2D eigenvalue weighted by atomic mass is 35.5. The van der Waals surface area contributed by atoms with Crippen LogP contribution in [0, 0.1) is 19.7 Å². The number of nitrogens with zero attached hydrogens (tertiary/aromatic N) is 1. The molecule has 3 aromatic rings. The Morgan fingerprint density at radius 2 is 1.79 bits per heavy atom. The molecule has 0 amide bonds. The van der Waals surface area contributed by atoms with E-state index in [4.69, 9.17) is 16.3 Å². The summed E-state index contributed by atoms with van der Waals surface area (Å²) in [5.41, 5.74) is 2.93. The third-order valence-electron chi connectivity index (χ3n) is 4.56. The van der Waals surface area contributed by atoms with Crippen LogP contribution in [0.2, 0.25) is 5.02 Å². The van der Waals surface area contributed by atoms with Crippen molar-refractivity contribution in [2.45, 2.75) is 20.4 Å². The number of carbonyl (C=O) groups is 2. The largest absolute Gasteiger partial charge is 0.454 e. The maximum Gasteiger partial charge on any atom is 0.343 e. The van der Waals surface area contributed by atoms with E-state index in [0.717, 1.165) is 23.0 Å². The normalized spacial score (nSPS) is 10.7. The maximum atomic E-state index is 13.8. The van der Waals surface area contributed by atoms with Crippen molar-refractivity contribution in [2.75, 3.05) is 6.61 Å². The Morgan fingerprint density at radius 1 is 1.07 bits per heavy atom. The van der Waals surface area contributed by atoms with Crippen molar-refractivity contribution >= 4 is 23.4 Å². The number of carbonyl (C=O) groups excluding carboxylic acids is 2. The fraction of sp³-hybridized carbons (Fsp3) is 0.182. The van der Waals surface area contributed by atoms with Crippen molar-refractivity contribution in [3.63, 3.8) is 0 Å². The highest BCUT2D eigenvalue weighted by molar-refractivity contribution is 6.33. The number of hydrogen-bond donors (Lipinski definition) is 0. The van der Waals surface area contributed by atoms with Gasteiger partial charge in [-0.25, -0.2) is 9.18 Å². The molecule has 0 fully saturated rings. The van der Waals surface area contributed by atoms with Gasteiger partial charge in [0, 0.05) is 23.5 Å². The Kier molecular flexibility index (Phi) is 5.95. The van der Waals surface area contributed by atoms with E-state index in [1.165, 1.54) is 12.1 Å². The zero-order valence-electron chi connectivity index (χ0n) is 15.5. The van der Waals surface area contributed by atoms with Gasteiger partial charge in [-0.1, -0.05) is 48.0 Å². The molecule has 0 bridgehead atoms. The minimum absolute atomic E-state index is 0.0570. The van der Waals surface area contributed by atoms with Gasteiger partial charge in [0.2, 0.25) is 5.78 Å². The standard InChI is InChI=1S/C22H19ClFNO3/c1-14-11-17(15(2)25(14)12-16-7-4-3-5-8-16)20(26)13-28-22(27)21-18(23)9-6-10-19(21)24/h3-11H,12-13H2,1-2H3. The lowest BCUT2D eigenvalue weighted by molar-refractivity contribution is 0.0470. The number of aryl methyl sites for hydroxylation is 1. The fourth-order valence-corrected chi connectivity index (χ4v) is 3.31. The molecule has 0 radical (unpaired) electrons. The summed E-state index contributed by atoms with van der Waals surface area (Å²) in [6.45, 7) is 3.91. The Hall–Kier alpha value is -2.92. The van der Waals surface area contributed by atoms with Crippen molar-refractivity contribution in [1.29, 1.82) is 0 Å². The molecule has 0 saturated heterocycles. The van der Waals surface area contributed by atoms with Crippen molar-refractivity contribution in [1.82, 2.24) is 4.57 Å². The summed E-state index contributed by atoms with van der Waals surface area (Å²) < 4.78 is 20.8. The summed E-state index contributed by atoms with van der Waals surface area (Å²) in [4.78, 5) is 24.7. The van der Waals surface area contributed by atoms with Crippen LogP contribution in [0.15, 0.2) is 54.6 Å². The summed E-state index contributed by atoms with van der Waals surface area (Å²) in [5.74, 6) is -2.10. The minimum atomic E-state index is -0.963. The number of ether oxygens (including phenoxy) is 1. The lowest BCUT2D eigenvalue weighted by atomic mass is 10.1. The zero-order valence-corrected chi connectivity index (χ0v) is 16.3. The van der Waals surface area contributed by atoms with E-state index < -0.39 is 18.4 Å². The van der Waals surface area contributed by atoms with Gasteiger partial charge in [0.15, 0.2) is 6.61 Å². The van der Waals surface area contributed by atoms with Crippen molar-refractivity contribution in [2.24, 2.45) is 0 Å². The van der Waals surface area contributed by atoms with Crippen LogP contribution < -0.4 is 0 Å². The Morgan fingerprint density at radius 3 is 2.46 bits per heavy atom. The number of esters is 1. The van der Waals surface area contributed by atoms with Gasteiger partial charge in [-0.2, -0.15) is 0 Å². The molecule has 0 aliphatic carbocycles. The molecular formula is C22H19ClFNO3. The minimum Gasteiger partial charge on any atom is -0.454 e. The maximum absolute atomic E-state index is 13.8. The first-order chi connectivity index (χ1) is 13.4. The van der Waals surface area contributed by atoms with Gasteiger partial charge in [-0.15, -0.1) is 0 Å². The van der Waals surface area contributed by atoms with Gasteiger partial charge in [-0.05, 0) is 37.6 Å². The highest BCUT2D eigenvalue weighted by Gasteiger charge is 2.21. The Balaban J connectivity index is 1.73. The third kappa shape index (κ3) is 4.15. The molecule has 0 N–H and O–H groups in total. The summed E-state index contributed by atoms with van der Waals surface area (Å²) in [7, 11) is 0. The molecule has 144 valence electrons. The van der Waals surface area contributed by atoms with Crippen LogP contribution >= 0.6 is 11.6 Å². The molecule has 6 heteroatoms. The number of rotatable bonds is 6. The van der Waals surface area contributed by atoms with Crippen LogP contribution in [0.25, 0.3) is 0 Å². The number of Topliss-reactive ketones (excluding diaryl/α,β-unsaturated/α-hetero) is 1. The average molecular weight is 400 g/mol. The average Bonchev–Trinajstić information content (AvgIpc) is 2.95. The first kappa shape index (κ1) is 19.8. The van der Waals surface area contributed by atoms with Crippen molar-refractivity contribution in [3.8, 4) is 0 Å². The van der Waals surface area contributed by atoms with Crippen LogP contribution in [-0.4, -0.2) is 22.9 Å². The van der Waals surface area contributed by atoms with E-state index in [9.17, 15) is 14.0 Å². The van der Waals surface area contributed by atoms with Gasteiger partial charge in [0.25, 0.3) is 0 Å². The second kappa shape index (κ2) is 8.40. The van der Waals surface area contributed by atoms with Gasteiger partial charge in [0.05, 0.1) is 5.02 Å². The van der Waals surface area contributed by atoms with E-state index in [2.05, 4.69) is 0 Å². The molecule has 3 rings (SSSR count). The molecule has 0 saturated carbocycles. The Bertz CT molecular complexity index is 1010. The molecule has 4 nitrogen and oxygen atoms in total. The van der Waals surface area contributed by atoms with Crippen LogP contribution in [0.1, 0.15) is 37.7 Å². The lowest BCUT2D eigenvalue weighted by Gasteiger charge is -2.10. The predicted molar refractivity (Wildman–Crippen MR) is 105 cm³/mol. The van der Waals surface area contributed by atoms with Crippen LogP contribution in [0.3, 0.4) is 0 Å². The van der Waals surface area contributed by atoms with E-state index in [1.54, 1.807) is 6.07 Å². The number of halogens is 2. The van der Waals surface area contributed by atoms with E-state index in [0.29, 0.717) is 12.1 Å². The SMILES string of the molecule is Cc1cc(C(=O)COC(=O)c2c(F)cccc2Cl)c(C)n1Cc1ccccc1. The zero-order chi connectivity index (χ0) is 20.3. The van der Waals surface area contributed by atoms with E-state index in [1.807, 2.05) is 48.7 Å². The summed E-state index contributed by atoms with van der Waals surface area (Å²) in [5, 5.41) is -0.0570. The molecule has 0 atom stereocenters. The molecule has 2 aromatic carbocycles. The number of benzene rings is 2. The molecule has 28 heavy (non-hydrogen) atoms. The quantitative estimate of drug-likeness (QED) is 0.433. The second-order valence-electron chi connectivity index (χ2n) is 6.45. The van der Waals surface area contributed by atoms with Crippen molar-refractivity contribution in [3.05, 3.63) is 93.5 Å². The molecule has 0 aliphatic heterocycles. The second-order valence-corrected chi connectivity index (χ2v) is 6.86. The van der Waals surface area contributed by atoms with Gasteiger partial charge >= 0.3 is 5.97 Å². The summed E-state index contributed by atoms with van der Waals surface area (Å²) in [6, 6.07) is 15.6. The number of aromatic nitrogens is 1. The first-order valence-corrected chi connectivity index (χ1v) is 9.11. The topological polar surface area (TPSA) is 48.3 Å². The highest BCUT2D eigenvalue weighted by Crippen LogP contribution is 2.21. The summed E-state index contributed by atoms with van der Waals surface area (Å²) in [6.07, 6.45) is 0. The fourth-order valence-electron chi connectivity index (χ4n) is 3.07. The van der Waals surface area contributed by atoms with E-state index >= 15 is 0 Å². The van der Waals surface area contributed by atoms with Crippen LogP contribution in [0.4, 0.5) is 4.39 Å². The lowest BCUT2D eigenvalue weighted by Crippen LogP contribution is -2.16. The molecule has 0 unspecified atom stereocenters. The molecular weight excluding hydrogens is 381 g/mol.